The van der Waals surface area contributed by atoms with Crippen molar-refractivity contribution in [1.29, 1.82) is 0 Å². The van der Waals surface area contributed by atoms with E-state index < -0.39 is 15.6 Å². The van der Waals surface area contributed by atoms with E-state index >= 15 is 0 Å². The summed E-state index contributed by atoms with van der Waals surface area (Å²) in [6.45, 7) is 1.79. The minimum absolute atomic E-state index is 0.171. The van der Waals surface area contributed by atoms with Gasteiger partial charge in [-0.15, -0.1) is 0 Å². The van der Waals surface area contributed by atoms with E-state index in [1.807, 2.05) is 6.07 Å². The van der Waals surface area contributed by atoms with Crippen molar-refractivity contribution in [3.8, 4) is 11.3 Å². The molecule has 0 amide bonds. The molecule has 1 saturated carbocycles. The summed E-state index contributed by atoms with van der Waals surface area (Å²) in [5.74, 6) is 0.312. The number of hydrogen-bond donors (Lipinski definition) is 3. The van der Waals surface area contributed by atoms with Crippen LogP contribution in [0.25, 0.3) is 16.9 Å². The summed E-state index contributed by atoms with van der Waals surface area (Å²) >= 11 is 0. The summed E-state index contributed by atoms with van der Waals surface area (Å²) in [4.78, 5) is 8.49. The molecule has 1 fully saturated rings. The average molecular weight is 401 g/mol. The topological polar surface area (TPSA) is 123 Å². The lowest BCUT2D eigenvalue weighted by Crippen LogP contribution is -2.42. The molecule has 2 aromatic heterocycles. The van der Waals surface area contributed by atoms with Crippen molar-refractivity contribution in [2.75, 3.05) is 5.73 Å². The van der Waals surface area contributed by atoms with Crippen LogP contribution >= 0.6 is 0 Å². The lowest BCUT2D eigenvalue weighted by atomic mass is 9.84. The molecule has 0 unspecified atom stereocenters. The number of sulfonamides is 1. The molecule has 1 aromatic carbocycles. The van der Waals surface area contributed by atoms with Gasteiger partial charge < -0.3 is 10.8 Å². The first kappa shape index (κ1) is 18.9. The number of aromatic nitrogens is 3. The van der Waals surface area contributed by atoms with Crippen molar-refractivity contribution in [2.45, 2.75) is 49.1 Å². The van der Waals surface area contributed by atoms with Crippen LogP contribution < -0.4 is 10.5 Å². The summed E-state index contributed by atoms with van der Waals surface area (Å²) in [6.07, 6.45) is 7.36. The second kappa shape index (κ2) is 6.84. The number of imidazole rings is 1. The highest BCUT2D eigenvalue weighted by molar-refractivity contribution is 7.89. The molecule has 0 bridgehead atoms. The van der Waals surface area contributed by atoms with Gasteiger partial charge in [-0.1, -0.05) is 12.1 Å². The Morgan fingerprint density at radius 3 is 2.79 bits per heavy atom. The van der Waals surface area contributed by atoms with Gasteiger partial charge in [0.1, 0.15) is 0 Å². The van der Waals surface area contributed by atoms with Crippen molar-refractivity contribution in [1.82, 2.24) is 19.1 Å². The number of nitrogen functional groups attached to an aromatic ring is 1. The zero-order valence-electron chi connectivity index (χ0n) is 15.5. The molecule has 4 rings (SSSR count). The van der Waals surface area contributed by atoms with Crippen LogP contribution in [0.5, 0.6) is 0 Å². The van der Waals surface area contributed by atoms with E-state index in [2.05, 4.69) is 14.7 Å². The van der Waals surface area contributed by atoms with E-state index in [1.54, 1.807) is 48.1 Å². The Morgan fingerprint density at radius 2 is 2.04 bits per heavy atom. The standard InChI is InChI=1S/C19H23N5O3S/c1-19(25)7-5-14(6-8-19)23-28(26,27)15-4-2-3-13(11-15)16-12-22-18-17(20)21-9-10-24(16)18/h2-4,9-12,14,23,25H,5-8H2,1H3,(H2,20,21). The minimum Gasteiger partial charge on any atom is -0.390 e. The van der Waals surface area contributed by atoms with Gasteiger partial charge in [0.05, 0.1) is 22.4 Å². The molecule has 2 heterocycles. The fourth-order valence-corrected chi connectivity index (χ4v) is 4.97. The largest absolute Gasteiger partial charge is 0.390 e. The molecule has 9 heteroatoms. The van der Waals surface area contributed by atoms with Gasteiger partial charge in [-0.25, -0.2) is 23.1 Å². The van der Waals surface area contributed by atoms with Gasteiger partial charge in [0.25, 0.3) is 0 Å². The number of fused-ring (bicyclic) bond motifs is 1. The molecule has 0 aliphatic heterocycles. The first-order valence-corrected chi connectivity index (χ1v) is 10.7. The van der Waals surface area contributed by atoms with Gasteiger partial charge in [0.15, 0.2) is 11.5 Å². The van der Waals surface area contributed by atoms with Gasteiger partial charge in [-0.3, -0.25) is 4.40 Å². The van der Waals surface area contributed by atoms with E-state index in [1.165, 1.54) is 0 Å². The van der Waals surface area contributed by atoms with Crippen LogP contribution in [0, 0.1) is 0 Å². The number of aliphatic hydroxyl groups is 1. The molecule has 148 valence electrons. The number of nitrogens with one attached hydrogen (secondary N) is 1. The number of nitrogens with zero attached hydrogens (tertiary/aromatic N) is 3. The predicted octanol–water partition coefficient (Wildman–Crippen LogP) is 1.95. The summed E-state index contributed by atoms with van der Waals surface area (Å²) in [5.41, 5.74) is 7.12. The number of hydrogen-bond acceptors (Lipinski definition) is 6. The monoisotopic (exact) mass is 401 g/mol. The molecule has 0 spiro atoms. The van der Waals surface area contributed by atoms with Crippen molar-refractivity contribution in [2.24, 2.45) is 0 Å². The zero-order valence-corrected chi connectivity index (χ0v) is 16.4. The molecule has 1 aliphatic carbocycles. The van der Waals surface area contributed by atoms with Crippen molar-refractivity contribution < 1.29 is 13.5 Å². The van der Waals surface area contributed by atoms with E-state index in [4.69, 9.17) is 5.73 Å². The highest BCUT2D eigenvalue weighted by Crippen LogP contribution is 2.29. The molecule has 0 saturated heterocycles. The maximum atomic E-state index is 12.9. The zero-order chi connectivity index (χ0) is 19.9. The Bertz CT molecular complexity index is 1110. The Kier molecular flexibility index (Phi) is 4.60. The molecule has 8 nitrogen and oxygen atoms in total. The summed E-state index contributed by atoms with van der Waals surface area (Å²) in [5, 5.41) is 10.1. The minimum atomic E-state index is -3.67. The second-order valence-electron chi connectivity index (χ2n) is 7.57. The lowest BCUT2D eigenvalue weighted by Gasteiger charge is -2.33. The first-order chi connectivity index (χ1) is 13.3. The average Bonchev–Trinajstić information content (AvgIpc) is 3.09. The quantitative estimate of drug-likeness (QED) is 0.614. The van der Waals surface area contributed by atoms with Crippen LogP contribution in [0.4, 0.5) is 5.82 Å². The normalized spacial score (nSPS) is 23.1. The summed E-state index contributed by atoms with van der Waals surface area (Å²) < 4.78 is 30.3. The van der Waals surface area contributed by atoms with E-state index in [-0.39, 0.29) is 10.9 Å². The smallest absolute Gasteiger partial charge is 0.240 e. The molecular formula is C19H23N5O3S. The predicted molar refractivity (Wildman–Crippen MR) is 106 cm³/mol. The summed E-state index contributed by atoms with van der Waals surface area (Å²) in [6, 6.07) is 6.57. The lowest BCUT2D eigenvalue weighted by molar-refractivity contribution is 0.0163. The number of anilines is 1. The van der Waals surface area contributed by atoms with Crippen LogP contribution in [0.1, 0.15) is 32.6 Å². The highest BCUT2D eigenvalue weighted by atomic mass is 32.2. The SMILES string of the molecule is CC1(O)CCC(NS(=O)(=O)c2cccc(-c3cnc4c(N)nccn34)c2)CC1. The Hall–Kier alpha value is -2.49. The maximum absolute atomic E-state index is 12.9. The Balaban J connectivity index is 1.62. The fourth-order valence-electron chi connectivity index (χ4n) is 3.62. The van der Waals surface area contributed by atoms with E-state index in [9.17, 15) is 13.5 Å². The van der Waals surface area contributed by atoms with Crippen LogP contribution in [-0.2, 0) is 10.0 Å². The third-order valence-electron chi connectivity index (χ3n) is 5.28. The third kappa shape index (κ3) is 3.60. The van der Waals surface area contributed by atoms with Crippen LogP contribution in [-0.4, -0.2) is 39.5 Å². The maximum Gasteiger partial charge on any atom is 0.240 e. The molecule has 4 N–H and O–H groups in total. The number of nitrogens with two attached hydrogens (primary N) is 1. The van der Waals surface area contributed by atoms with Gasteiger partial charge in [-0.05, 0) is 44.7 Å². The second-order valence-corrected chi connectivity index (χ2v) is 9.28. The molecule has 1 aliphatic rings. The third-order valence-corrected chi connectivity index (χ3v) is 6.80. The van der Waals surface area contributed by atoms with Gasteiger partial charge >= 0.3 is 0 Å². The highest BCUT2D eigenvalue weighted by Gasteiger charge is 2.31. The molecular weight excluding hydrogens is 378 g/mol. The van der Waals surface area contributed by atoms with Crippen LogP contribution in [0.2, 0.25) is 0 Å². The molecule has 0 atom stereocenters. The number of benzene rings is 1. The van der Waals surface area contributed by atoms with Gasteiger partial charge in [0.2, 0.25) is 10.0 Å². The molecule has 0 radical (unpaired) electrons. The fraction of sp³-hybridized carbons (Fsp3) is 0.368. The van der Waals surface area contributed by atoms with Crippen LogP contribution in [0.3, 0.4) is 0 Å². The summed E-state index contributed by atoms with van der Waals surface area (Å²) in [7, 11) is -3.67. The number of rotatable bonds is 4. The molecule has 28 heavy (non-hydrogen) atoms. The Labute approximate surface area is 163 Å². The van der Waals surface area contributed by atoms with Crippen LogP contribution in [0.15, 0.2) is 47.8 Å². The van der Waals surface area contributed by atoms with Gasteiger partial charge in [-0.2, -0.15) is 0 Å². The van der Waals surface area contributed by atoms with Crippen molar-refractivity contribution in [3.63, 3.8) is 0 Å². The van der Waals surface area contributed by atoms with Crippen molar-refractivity contribution >= 4 is 21.5 Å². The van der Waals surface area contributed by atoms with E-state index in [0.29, 0.717) is 42.7 Å². The van der Waals surface area contributed by atoms with E-state index in [0.717, 1.165) is 5.69 Å². The molecule has 3 aromatic rings. The Morgan fingerprint density at radius 1 is 1.29 bits per heavy atom. The first-order valence-electron chi connectivity index (χ1n) is 9.18. The van der Waals surface area contributed by atoms with Gasteiger partial charge in [0, 0.05) is 24.0 Å². The van der Waals surface area contributed by atoms with Crippen molar-refractivity contribution in [3.05, 3.63) is 42.9 Å².